The Morgan fingerprint density at radius 2 is 1.89 bits per heavy atom. The zero-order chi connectivity index (χ0) is 13.4. The van der Waals surface area contributed by atoms with Crippen molar-refractivity contribution in [2.24, 2.45) is 0 Å². The number of hydrogen-bond acceptors (Lipinski definition) is 4. The molecule has 1 atom stereocenters. The summed E-state index contributed by atoms with van der Waals surface area (Å²) >= 11 is 0. The monoisotopic (exact) mass is 254 g/mol. The summed E-state index contributed by atoms with van der Waals surface area (Å²) in [5, 5.41) is 10.1. The summed E-state index contributed by atoms with van der Waals surface area (Å²) in [5.41, 5.74) is 0.753. The molecule has 0 spiro atoms. The molecule has 1 rings (SSSR count). The van der Waals surface area contributed by atoms with Crippen molar-refractivity contribution in [1.29, 1.82) is 0 Å². The largest absolute Gasteiger partial charge is 0.491 e. The van der Waals surface area contributed by atoms with Crippen LogP contribution in [-0.2, 0) is 9.47 Å². The van der Waals surface area contributed by atoms with Gasteiger partial charge in [0.25, 0.3) is 0 Å². The van der Waals surface area contributed by atoms with Crippen LogP contribution in [0.3, 0.4) is 0 Å². The quantitative estimate of drug-likeness (QED) is 0.722. The predicted octanol–water partition coefficient (Wildman–Crippen LogP) is 2.17. The molecule has 1 aromatic rings. The van der Waals surface area contributed by atoms with Crippen LogP contribution in [0.4, 0.5) is 0 Å². The summed E-state index contributed by atoms with van der Waals surface area (Å²) in [6.45, 7) is 5.15. The van der Waals surface area contributed by atoms with Crippen LogP contribution in [0.25, 0.3) is 0 Å². The minimum absolute atomic E-state index is 0.0766. The Balaban J connectivity index is 2.57. The summed E-state index contributed by atoms with van der Waals surface area (Å²) in [5.74, 6) is 0.704. The molecule has 0 radical (unpaired) electrons. The molecule has 1 unspecified atom stereocenters. The standard InChI is InChI=1S/C14H22O4/c1-11(2)18-14-7-5-4-6-12(14)13(15)10-17-9-8-16-3/h4-7,11,13,15H,8-10H2,1-3H3. The maximum absolute atomic E-state index is 10.1. The molecule has 18 heavy (non-hydrogen) atoms. The Hall–Kier alpha value is -1.10. The summed E-state index contributed by atoms with van der Waals surface area (Å²) in [6, 6.07) is 7.47. The van der Waals surface area contributed by atoms with Gasteiger partial charge in [0.2, 0.25) is 0 Å². The van der Waals surface area contributed by atoms with Crippen LogP contribution in [0, 0.1) is 0 Å². The molecular formula is C14H22O4. The van der Waals surface area contributed by atoms with Crippen LogP contribution in [0.5, 0.6) is 5.75 Å². The minimum atomic E-state index is -0.684. The second-order valence-electron chi connectivity index (χ2n) is 4.29. The van der Waals surface area contributed by atoms with Crippen LogP contribution in [0.15, 0.2) is 24.3 Å². The first kappa shape index (κ1) is 15.0. The normalized spacial score (nSPS) is 12.7. The predicted molar refractivity (Wildman–Crippen MR) is 69.9 cm³/mol. The van der Waals surface area contributed by atoms with E-state index in [2.05, 4.69) is 0 Å². The lowest BCUT2D eigenvalue weighted by molar-refractivity contribution is 0.0113. The van der Waals surface area contributed by atoms with Crippen LogP contribution < -0.4 is 4.74 Å². The van der Waals surface area contributed by atoms with E-state index in [4.69, 9.17) is 14.2 Å². The Morgan fingerprint density at radius 3 is 2.56 bits per heavy atom. The number of hydrogen-bond donors (Lipinski definition) is 1. The van der Waals surface area contributed by atoms with Crippen molar-refractivity contribution in [3.63, 3.8) is 0 Å². The van der Waals surface area contributed by atoms with Gasteiger partial charge in [-0.15, -0.1) is 0 Å². The maximum atomic E-state index is 10.1. The van der Waals surface area contributed by atoms with Gasteiger partial charge in [-0.25, -0.2) is 0 Å². The molecule has 0 saturated carbocycles. The van der Waals surface area contributed by atoms with E-state index in [0.717, 1.165) is 5.56 Å². The lowest BCUT2D eigenvalue weighted by Crippen LogP contribution is -2.13. The number of para-hydroxylation sites is 1. The molecule has 0 aliphatic rings. The van der Waals surface area contributed by atoms with Crippen LogP contribution in [0.1, 0.15) is 25.5 Å². The number of aliphatic hydroxyl groups is 1. The third-order valence-electron chi connectivity index (χ3n) is 2.35. The number of benzene rings is 1. The molecule has 0 saturated heterocycles. The maximum Gasteiger partial charge on any atom is 0.125 e. The SMILES string of the molecule is COCCOCC(O)c1ccccc1OC(C)C. The summed E-state index contributed by atoms with van der Waals surface area (Å²) in [6.07, 6.45) is -0.607. The molecule has 102 valence electrons. The molecule has 0 heterocycles. The van der Waals surface area contributed by atoms with Gasteiger partial charge in [0, 0.05) is 12.7 Å². The molecule has 4 heteroatoms. The number of ether oxygens (including phenoxy) is 3. The molecule has 1 aromatic carbocycles. The lowest BCUT2D eigenvalue weighted by atomic mass is 10.1. The van der Waals surface area contributed by atoms with Crippen LogP contribution >= 0.6 is 0 Å². The molecule has 4 nitrogen and oxygen atoms in total. The van der Waals surface area contributed by atoms with Gasteiger partial charge in [0.05, 0.1) is 25.9 Å². The minimum Gasteiger partial charge on any atom is -0.491 e. The van der Waals surface area contributed by atoms with E-state index in [9.17, 15) is 5.11 Å². The van der Waals surface area contributed by atoms with Crippen molar-refractivity contribution < 1.29 is 19.3 Å². The number of aliphatic hydroxyl groups excluding tert-OH is 1. The van der Waals surface area contributed by atoms with E-state index < -0.39 is 6.10 Å². The Kier molecular flexibility index (Phi) is 6.72. The van der Waals surface area contributed by atoms with Gasteiger partial charge in [-0.2, -0.15) is 0 Å². The van der Waals surface area contributed by atoms with E-state index >= 15 is 0 Å². The molecule has 1 N–H and O–H groups in total. The Morgan fingerprint density at radius 1 is 1.17 bits per heavy atom. The molecule has 0 amide bonds. The van der Waals surface area contributed by atoms with E-state index in [1.165, 1.54) is 0 Å². The highest BCUT2D eigenvalue weighted by Gasteiger charge is 2.14. The van der Waals surface area contributed by atoms with Gasteiger partial charge in [0.15, 0.2) is 0 Å². The van der Waals surface area contributed by atoms with E-state index in [-0.39, 0.29) is 12.7 Å². The van der Waals surface area contributed by atoms with Crippen molar-refractivity contribution in [3.05, 3.63) is 29.8 Å². The average molecular weight is 254 g/mol. The topological polar surface area (TPSA) is 47.9 Å². The van der Waals surface area contributed by atoms with Crippen molar-refractivity contribution in [3.8, 4) is 5.75 Å². The van der Waals surface area contributed by atoms with E-state index in [1.54, 1.807) is 7.11 Å². The average Bonchev–Trinajstić information content (AvgIpc) is 2.34. The van der Waals surface area contributed by atoms with Crippen molar-refractivity contribution in [2.45, 2.75) is 26.1 Å². The summed E-state index contributed by atoms with van der Waals surface area (Å²) in [4.78, 5) is 0. The summed E-state index contributed by atoms with van der Waals surface area (Å²) < 4.78 is 15.8. The van der Waals surface area contributed by atoms with Gasteiger partial charge in [-0.1, -0.05) is 18.2 Å². The Bertz CT molecular complexity index is 338. The second kappa shape index (κ2) is 8.08. The first-order valence-electron chi connectivity index (χ1n) is 6.15. The first-order chi connectivity index (χ1) is 8.65. The fourth-order valence-corrected chi connectivity index (χ4v) is 1.54. The van der Waals surface area contributed by atoms with Crippen molar-refractivity contribution in [1.82, 2.24) is 0 Å². The fraction of sp³-hybridized carbons (Fsp3) is 0.571. The van der Waals surface area contributed by atoms with Gasteiger partial charge in [-0.05, 0) is 19.9 Å². The molecule has 0 aliphatic carbocycles. The highest BCUT2D eigenvalue weighted by atomic mass is 16.5. The second-order valence-corrected chi connectivity index (χ2v) is 4.29. The van der Waals surface area contributed by atoms with Gasteiger partial charge >= 0.3 is 0 Å². The highest BCUT2D eigenvalue weighted by molar-refractivity contribution is 5.35. The van der Waals surface area contributed by atoms with Crippen molar-refractivity contribution >= 4 is 0 Å². The molecule has 0 aromatic heterocycles. The van der Waals surface area contributed by atoms with Gasteiger partial charge in [0.1, 0.15) is 11.9 Å². The molecule has 0 fully saturated rings. The molecule has 0 aliphatic heterocycles. The first-order valence-corrected chi connectivity index (χ1v) is 6.15. The highest BCUT2D eigenvalue weighted by Crippen LogP contribution is 2.26. The van der Waals surface area contributed by atoms with Crippen LogP contribution in [0.2, 0.25) is 0 Å². The zero-order valence-electron chi connectivity index (χ0n) is 11.3. The van der Waals surface area contributed by atoms with E-state index in [1.807, 2.05) is 38.1 Å². The zero-order valence-corrected chi connectivity index (χ0v) is 11.3. The number of methoxy groups -OCH3 is 1. The fourth-order valence-electron chi connectivity index (χ4n) is 1.54. The van der Waals surface area contributed by atoms with Crippen molar-refractivity contribution in [2.75, 3.05) is 26.9 Å². The number of rotatable bonds is 8. The molecule has 0 bridgehead atoms. The third kappa shape index (κ3) is 5.04. The van der Waals surface area contributed by atoms with Gasteiger partial charge < -0.3 is 19.3 Å². The third-order valence-corrected chi connectivity index (χ3v) is 2.35. The van der Waals surface area contributed by atoms with E-state index in [0.29, 0.717) is 19.0 Å². The van der Waals surface area contributed by atoms with Crippen LogP contribution in [-0.4, -0.2) is 38.1 Å². The smallest absolute Gasteiger partial charge is 0.125 e. The molecular weight excluding hydrogens is 232 g/mol. The Labute approximate surface area is 108 Å². The lowest BCUT2D eigenvalue weighted by Gasteiger charge is -2.18. The summed E-state index contributed by atoms with van der Waals surface area (Å²) in [7, 11) is 1.62. The van der Waals surface area contributed by atoms with Gasteiger partial charge in [-0.3, -0.25) is 0 Å².